The van der Waals surface area contributed by atoms with E-state index < -0.39 is 0 Å². The number of amides is 1. The summed E-state index contributed by atoms with van der Waals surface area (Å²) in [5.41, 5.74) is 5.33. The lowest BCUT2D eigenvalue weighted by molar-refractivity contribution is -0.113. The average molecular weight is 390 g/mol. The summed E-state index contributed by atoms with van der Waals surface area (Å²) in [5.74, 6) is 0.121. The van der Waals surface area contributed by atoms with Crippen molar-refractivity contribution in [3.05, 3.63) is 66.0 Å². The van der Waals surface area contributed by atoms with Crippen LogP contribution in [0.1, 0.15) is 11.1 Å². The summed E-state index contributed by atoms with van der Waals surface area (Å²) in [6.07, 6.45) is 3.45. The highest BCUT2D eigenvalue weighted by Gasteiger charge is 2.12. The fourth-order valence-corrected chi connectivity index (χ4v) is 3.41. The van der Waals surface area contributed by atoms with E-state index in [4.69, 9.17) is 0 Å². The summed E-state index contributed by atoms with van der Waals surface area (Å²) in [5, 5.41) is 16.4. The molecule has 0 atom stereocenters. The molecule has 0 saturated heterocycles. The summed E-state index contributed by atoms with van der Waals surface area (Å²) in [4.78, 5) is 16.4. The number of aryl methyl sites for hydroxylation is 2. The largest absolute Gasteiger partial charge is 0.325 e. The van der Waals surface area contributed by atoms with E-state index in [1.54, 1.807) is 16.9 Å². The smallest absolute Gasteiger partial charge is 0.234 e. The number of aromatic nitrogens is 5. The Labute approximate surface area is 166 Å². The normalized spacial score (nSPS) is 10.9. The molecule has 0 aliphatic rings. The van der Waals surface area contributed by atoms with Gasteiger partial charge in [0.1, 0.15) is 0 Å². The number of pyridine rings is 1. The molecule has 8 heteroatoms. The SMILES string of the molecule is Cc1ccc(C)c(NC(=O)CSc2nnc3ccc(-c4ccncc4)nn23)c1. The molecule has 1 amide bonds. The number of thioether (sulfide) groups is 1. The molecule has 140 valence electrons. The first-order chi connectivity index (χ1) is 13.6. The first-order valence-electron chi connectivity index (χ1n) is 8.73. The minimum atomic E-state index is -0.0965. The fraction of sp³-hybridized carbons (Fsp3) is 0.150. The third-order valence-electron chi connectivity index (χ3n) is 4.21. The summed E-state index contributed by atoms with van der Waals surface area (Å²) < 4.78 is 1.66. The van der Waals surface area contributed by atoms with Gasteiger partial charge in [0, 0.05) is 23.6 Å². The van der Waals surface area contributed by atoms with Crippen molar-refractivity contribution >= 4 is 29.0 Å². The molecule has 7 nitrogen and oxygen atoms in total. The quantitative estimate of drug-likeness (QED) is 0.525. The van der Waals surface area contributed by atoms with Gasteiger partial charge in [-0.1, -0.05) is 23.9 Å². The molecule has 0 spiro atoms. The van der Waals surface area contributed by atoms with Gasteiger partial charge < -0.3 is 5.32 Å². The molecule has 28 heavy (non-hydrogen) atoms. The van der Waals surface area contributed by atoms with Gasteiger partial charge in [0.15, 0.2) is 5.65 Å². The zero-order chi connectivity index (χ0) is 19.5. The highest BCUT2D eigenvalue weighted by atomic mass is 32.2. The molecule has 0 aliphatic carbocycles. The van der Waals surface area contributed by atoms with Gasteiger partial charge in [0.25, 0.3) is 0 Å². The van der Waals surface area contributed by atoms with Gasteiger partial charge >= 0.3 is 0 Å². The number of carbonyl (C=O) groups is 1. The Hall–Kier alpha value is -3.26. The molecule has 0 bridgehead atoms. The maximum Gasteiger partial charge on any atom is 0.234 e. The molecule has 0 unspecified atom stereocenters. The number of hydrogen-bond donors (Lipinski definition) is 1. The van der Waals surface area contributed by atoms with E-state index in [2.05, 4.69) is 25.6 Å². The van der Waals surface area contributed by atoms with Crippen LogP contribution >= 0.6 is 11.8 Å². The van der Waals surface area contributed by atoms with Crippen LogP contribution in [0.5, 0.6) is 0 Å². The third kappa shape index (κ3) is 3.86. The van der Waals surface area contributed by atoms with Crippen LogP contribution in [0.2, 0.25) is 0 Å². The molecular weight excluding hydrogens is 372 g/mol. The van der Waals surface area contributed by atoms with E-state index in [0.717, 1.165) is 28.1 Å². The highest BCUT2D eigenvalue weighted by molar-refractivity contribution is 7.99. The zero-order valence-corrected chi connectivity index (χ0v) is 16.3. The van der Waals surface area contributed by atoms with Crippen molar-refractivity contribution in [3.63, 3.8) is 0 Å². The monoisotopic (exact) mass is 390 g/mol. The van der Waals surface area contributed by atoms with Crippen molar-refractivity contribution in [1.82, 2.24) is 24.8 Å². The third-order valence-corrected chi connectivity index (χ3v) is 5.13. The van der Waals surface area contributed by atoms with E-state index in [-0.39, 0.29) is 11.7 Å². The number of rotatable bonds is 5. The minimum absolute atomic E-state index is 0.0965. The predicted octanol–water partition coefficient (Wildman–Crippen LogP) is 3.53. The second-order valence-corrected chi connectivity index (χ2v) is 7.30. The lowest BCUT2D eigenvalue weighted by Crippen LogP contribution is -2.15. The number of fused-ring (bicyclic) bond motifs is 1. The van der Waals surface area contributed by atoms with Crippen molar-refractivity contribution in [3.8, 4) is 11.3 Å². The number of nitrogens with one attached hydrogen (secondary N) is 1. The predicted molar refractivity (Wildman–Crippen MR) is 109 cm³/mol. The van der Waals surface area contributed by atoms with Crippen molar-refractivity contribution in [2.24, 2.45) is 0 Å². The molecule has 0 aliphatic heterocycles. The van der Waals surface area contributed by atoms with Crippen LogP contribution in [0.4, 0.5) is 5.69 Å². The van der Waals surface area contributed by atoms with Gasteiger partial charge in [-0.25, -0.2) is 0 Å². The summed E-state index contributed by atoms with van der Waals surface area (Å²) in [6, 6.07) is 13.5. The fourth-order valence-electron chi connectivity index (χ4n) is 2.72. The Morgan fingerprint density at radius 2 is 1.89 bits per heavy atom. The van der Waals surface area contributed by atoms with E-state index in [0.29, 0.717) is 10.8 Å². The number of carbonyl (C=O) groups excluding carboxylic acids is 1. The van der Waals surface area contributed by atoms with Gasteiger partial charge in [-0.3, -0.25) is 9.78 Å². The van der Waals surface area contributed by atoms with Crippen LogP contribution in [-0.4, -0.2) is 36.5 Å². The Morgan fingerprint density at radius 3 is 2.71 bits per heavy atom. The minimum Gasteiger partial charge on any atom is -0.325 e. The lowest BCUT2D eigenvalue weighted by atomic mass is 10.1. The molecule has 4 rings (SSSR count). The van der Waals surface area contributed by atoms with Crippen LogP contribution in [0, 0.1) is 13.8 Å². The molecule has 0 fully saturated rings. The molecule has 0 radical (unpaired) electrons. The maximum absolute atomic E-state index is 12.4. The standard InChI is InChI=1S/C20H18N6OS/c1-13-3-4-14(2)17(11-13)22-19(27)12-28-20-24-23-18-6-5-16(25-26(18)20)15-7-9-21-10-8-15/h3-11H,12H2,1-2H3,(H,22,27). The van der Waals surface area contributed by atoms with Gasteiger partial charge in [0.05, 0.1) is 11.4 Å². The van der Waals surface area contributed by atoms with Crippen LogP contribution in [-0.2, 0) is 4.79 Å². The molecule has 3 aromatic heterocycles. The molecule has 1 aromatic carbocycles. The molecular formula is C20H18N6OS. The molecule has 3 heterocycles. The number of benzene rings is 1. The second-order valence-electron chi connectivity index (χ2n) is 6.36. The number of nitrogens with zero attached hydrogens (tertiary/aromatic N) is 5. The van der Waals surface area contributed by atoms with Crippen molar-refractivity contribution in [2.75, 3.05) is 11.1 Å². The van der Waals surface area contributed by atoms with Crippen molar-refractivity contribution in [1.29, 1.82) is 0 Å². The molecule has 0 saturated carbocycles. The summed E-state index contributed by atoms with van der Waals surface area (Å²) >= 11 is 1.30. The number of hydrogen-bond acceptors (Lipinski definition) is 6. The van der Waals surface area contributed by atoms with E-state index in [1.165, 1.54) is 11.8 Å². The van der Waals surface area contributed by atoms with Crippen LogP contribution in [0.15, 0.2) is 60.0 Å². The van der Waals surface area contributed by atoms with Crippen LogP contribution < -0.4 is 5.32 Å². The Balaban J connectivity index is 1.50. The summed E-state index contributed by atoms with van der Waals surface area (Å²) in [6.45, 7) is 3.97. The first kappa shape index (κ1) is 18.1. The molecule has 4 aromatic rings. The van der Waals surface area contributed by atoms with Gasteiger partial charge in [-0.2, -0.15) is 9.61 Å². The maximum atomic E-state index is 12.4. The first-order valence-corrected chi connectivity index (χ1v) is 9.71. The topological polar surface area (TPSA) is 85.1 Å². The van der Waals surface area contributed by atoms with E-state index in [9.17, 15) is 4.79 Å². The Morgan fingerprint density at radius 1 is 1.07 bits per heavy atom. The summed E-state index contributed by atoms with van der Waals surface area (Å²) in [7, 11) is 0. The zero-order valence-electron chi connectivity index (χ0n) is 15.5. The number of anilines is 1. The second kappa shape index (κ2) is 7.77. The molecule has 1 N–H and O–H groups in total. The highest BCUT2D eigenvalue weighted by Crippen LogP contribution is 2.21. The van der Waals surface area contributed by atoms with Gasteiger partial charge in [-0.15, -0.1) is 10.2 Å². The van der Waals surface area contributed by atoms with Crippen LogP contribution in [0.25, 0.3) is 16.9 Å². The van der Waals surface area contributed by atoms with Gasteiger partial charge in [-0.05, 0) is 55.3 Å². The van der Waals surface area contributed by atoms with E-state index >= 15 is 0 Å². The van der Waals surface area contributed by atoms with E-state index in [1.807, 2.05) is 56.3 Å². The average Bonchev–Trinajstić information content (AvgIpc) is 3.12. The van der Waals surface area contributed by atoms with Crippen LogP contribution in [0.3, 0.4) is 0 Å². The van der Waals surface area contributed by atoms with Gasteiger partial charge in [0.2, 0.25) is 11.1 Å². The Bertz CT molecular complexity index is 1140. The Kier molecular flexibility index (Phi) is 5.03. The van der Waals surface area contributed by atoms with Crippen molar-refractivity contribution in [2.45, 2.75) is 19.0 Å². The van der Waals surface area contributed by atoms with Crippen molar-refractivity contribution < 1.29 is 4.79 Å². The lowest BCUT2D eigenvalue weighted by Gasteiger charge is -2.09.